The van der Waals surface area contributed by atoms with Gasteiger partial charge in [-0.05, 0) is 50.1 Å². The number of rotatable bonds is 6. The summed E-state index contributed by atoms with van der Waals surface area (Å²) in [6.07, 6.45) is 0.809. The van der Waals surface area contributed by atoms with Crippen LogP contribution in [0.1, 0.15) is 40.5 Å². The quantitative estimate of drug-likeness (QED) is 0.604. The Morgan fingerprint density at radius 3 is 2.26 bits per heavy atom. The molecule has 0 radical (unpaired) electrons. The number of carbonyl (C=O) groups is 3. The van der Waals surface area contributed by atoms with E-state index in [0.29, 0.717) is 56.0 Å². The first-order valence-electron chi connectivity index (χ1n) is 11.1. The van der Waals surface area contributed by atoms with Crippen molar-refractivity contribution in [2.45, 2.75) is 24.0 Å². The van der Waals surface area contributed by atoms with E-state index in [9.17, 15) is 22.8 Å². The molecule has 4 rings (SSSR count). The zero-order valence-corrected chi connectivity index (χ0v) is 20.5. The monoisotopic (exact) mass is 505 g/mol. The van der Waals surface area contributed by atoms with E-state index in [1.807, 2.05) is 0 Å². The van der Waals surface area contributed by atoms with Gasteiger partial charge in [0.1, 0.15) is 4.21 Å². The number of piperidine rings is 1. The summed E-state index contributed by atoms with van der Waals surface area (Å²) in [6, 6.07) is 8.13. The topological polar surface area (TPSA) is 113 Å². The van der Waals surface area contributed by atoms with Crippen molar-refractivity contribution in [3.05, 3.63) is 46.8 Å². The Morgan fingerprint density at radius 1 is 1.00 bits per heavy atom. The molecule has 0 spiro atoms. The molecule has 0 bridgehead atoms. The third-order valence-corrected chi connectivity index (χ3v) is 9.41. The Hall–Kier alpha value is -2.60. The molecule has 2 aromatic rings. The van der Waals surface area contributed by atoms with Crippen molar-refractivity contribution >= 4 is 44.6 Å². The molecule has 11 heteroatoms. The number of Topliss-reactive ketones (excluding diaryl/α,β-unsaturated/α-hetero) is 1. The lowest BCUT2D eigenvalue weighted by molar-refractivity contribution is -0.120. The zero-order chi connectivity index (χ0) is 24.3. The molecule has 1 aromatic heterocycles. The number of anilines is 1. The number of ether oxygens (including phenoxy) is 1. The van der Waals surface area contributed by atoms with Crippen molar-refractivity contribution in [3.8, 4) is 0 Å². The van der Waals surface area contributed by atoms with Gasteiger partial charge in [0.2, 0.25) is 5.91 Å². The van der Waals surface area contributed by atoms with Gasteiger partial charge in [-0.25, -0.2) is 8.42 Å². The molecule has 34 heavy (non-hydrogen) atoms. The molecule has 2 amide bonds. The van der Waals surface area contributed by atoms with Crippen molar-refractivity contribution in [2.24, 2.45) is 5.92 Å². The minimum Gasteiger partial charge on any atom is -0.378 e. The average molecular weight is 506 g/mol. The van der Waals surface area contributed by atoms with E-state index < -0.39 is 10.0 Å². The number of hydrogen-bond donors (Lipinski definition) is 1. The van der Waals surface area contributed by atoms with Crippen molar-refractivity contribution < 1.29 is 27.5 Å². The van der Waals surface area contributed by atoms with Crippen LogP contribution in [-0.2, 0) is 19.6 Å². The number of thiophene rings is 1. The van der Waals surface area contributed by atoms with E-state index in [1.54, 1.807) is 34.5 Å². The molecule has 1 aromatic carbocycles. The summed E-state index contributed by atoms with van der Waals surface area (Å²) < 4.78 is 33.0. The molecule has 182 valence electrons. The molecule has 0 saturated carbocycles. The molecular weight excluding hydrogens is 478 g/mol. The summed E-state index contributed by atoms with van der Waals surface area (Å²) in [6.45, 7) is 3.89. The zero-order valence-electron chi connectivity index (χ0n) is 18.9. The highest BCUT2D eigenvalue weighted by Crippen LogP contribution is 2.29. The Kier molecular flexibility index (Phi) is 7.46. The van der Waals surface area contributed by atoms with Gasteiger partial charge in [0.15, 0.2) is 5.78 Å². The van der Waals surface area contributed by atoms with Crippen molar-refractivity contribution in [1.82, 2.24) is 9.21 Å². The number of benzene rings is 1. The lowest BCUT2D eigenvalue weighted by atomic mass is 9.97. The number of amides is 2. The largest absolute Gasteiger partial charge is 0.378 e. The van der Waals surface area contributed by atoms with E-state index in [2.05, 4.69) is 5.32 Å². The van der Waals surface area contributed by atoms with Gasteiger partial charge in [-0.2, -0.15) is 4.31 Å². The number of nitrogens with one attached hydrogen (secondary N) is 1. The highest BCUT2D eigenvalue weighted by Gasteiger charge is 2.33. The number of sulfonamides is 1. The van der Waals surface area contributed by atoms with Gasteiger partial charge >= 0.3 is 0 Å². The Labute approximate surface area is 202 Å². The van der Waals surface area contributed by atoms with E-state index in [0.717, 1.165) is 11.3 Å². The second-order valence-corrected chi connectivity index (χ2v) is 11.4. The van der Waals surface area contributed by atoms with E-state index in [-0.39, 0.29) is 40.8 Å². The second kappa shape index (κ2) is 10.3. The van der Waals surface area contributed by atoms with Gasteiger partial charge in [0, 0.05) is 48.7 Å². The Balaban J connectivity index is 1.34. The molecule has 0 aliphatic carbocycles. The fourth-order valence-electron chi connectivity index (χ4n) is 4.03. The number of hydrogen-bond acceptors (Lipinski definition) is 7. The van der Waals surface area contributed by atoms with Crippen LogP contribution < -0.4 is 5.32 Å². The molecule has 0 atom stereocenters. The maximum absolute atomic E-state index is 13.1. The van der Waals surface area contributed by atoms with Crippen LogP contribution in [0, 0.1) is 5.92 Å². The molecular formula is C23H27N3O6S2. The normalized spacial score (nSPS) is 18.0. The number of morpholine rings is 1. The van der Waals surface area contributed by atoms with Gasteiger partial charge in [0.05, 0.1) is 18.8 Å². The molecule has 0 unspecified atom stereocenters. The van der Waals surface area contributed by atoms with Gasteiger partial charge in [-0.15, -0.1) is 11.3 Å². The van der Waals surface area contributed by atoms with Crippen molar-refractivity contribution in [3.63, 3.8) is 0 Å². The maximum Gasteiger partial charge on any atom is 0.254 e. The van der Waals surface area contributed by atoms with Gasteiger partial charge in [-0.3, -0.25) is 14.4 Å². The maximum atomic E-state index is 13.1. The van der Waals surface area contributed by atoms with Crippen LogP contribution in [0.2, 0.25) is 0 Å². The summed E-state index contributed by atoms with van der Waals surface area (Å²) in [4.78, 5) is 38.3. The first-order chi connectivity index (χ1) is 16.3. The Bertz CT molecular complexity index is 1160. The van der Waals surface area contributed by atoms with Crippen LogP contribution in [0.5, 0.6) is 0 Å². The van der Waals surface area contributed by atoms with E-state index in [4.69, 9.17) is 4.74 Å². The summed E-state index contributed by atoms with van der Waals surface area (Å²) in [5.74, 6) is -0.703. The third kappa shape index (κ3) is 5.38. The molecule has 2 aliphatic heterocycles. The fourth-order valence-corrected chi connectivity index (χ4v) is 6.81. The van der Waals surface area contributed by atoms with Crippen LogP contribution in [0.15, 0.2) is 39.9 Å². The summed E-state index contributed by atoms with van der Waals surface area (Å²) in [5.41, 5.74) is 1.54. The standard InChI is InChI=1S/C23H27N3O6S2/c1-16(27)17-2-4-20(5-3-17)24-22(28)18-6-8-26(9-7-18)34(30,31)21-14-19(15-33-21)23(29)25-10-12-32-13-11-25/h2-5,14-15,18H,6-13H2,1H3,(H,24,28). The predicted molar refractivity (Wildman–Crippen MR) is 128 cm³/mol. The van der Waals surface area contributed by atoms with E-state index >= 15 is 0 Å². The average Bonchev–Trinajstić information content (AvgIpc) is 3.36. The summed E-state index contributed by atoms with van der Waals surface area (Å²) in [5, 5.41) is 4.43. The molecule has 2 aliphatic rings. The Morgan fingerprint density at radius 2 is 1.65 bits per heavy atom. The molecule has 1 N–H and O–H groups in total. The lowest BCUT2D eigenvalue weighted by Crippen LogP contribution is -2.41. The molecule has 3 heterocycles. The van der Waals surface area contributed by atoms with Crippen LogP contribution in [0.25, 0.3) is 0 Å². The van der Waals surface area contributed by atoms with Crippen LogP contribution >= 0.6 is 11.3 Å². The van der Waals surface area contributed by atoms with Gasteiger partial charge < -0.3 is 15.0 Å². The number of carbonyl (C=O) groups excluding carboxylic acids is 3. The molecule has 2 fully saturated rings. The van der Waals surface area contributed by atoms with Crippen LogP contribution in [-0.4, -0.2) is 74.6 Å². The second-order valence-electron chi connectivity index (χ2n) is 8.36. The van der Waals surface area contributed by atoms with Gasteiger partial charge in [-0.1, -0.05) is 0 Å². The number of ketones is 1. The smallest absolute Gasteiger partial charge is 0.254 e. The third-order valence-electron chi connectivity index (χ3n) is 6.10. The highest BCUT2D eigenvalue weighted by molar-refractivity contribution is 7.91. The minimum atomic E-state index is -3.73. The molecule has 9 nitrogen and oxygen atoms in total. The van der Waals surface area contributed by atoms with Crippen molar-refractivity contribution in [2.75, 3.05) is 44.7 Å². The van der Waals surface area contributed by atoms with Gasteiger partial charge in [0.25, 0.3) is 15.9 Å². The first-order valence-corrected chi connectivity index (χ1v) is 13.5. The van der Waals surface area contributed by atoms with Crippen molar-refractivity contribution in [1.29, 1.82) is 0 Å². The minimum absolute atomic E-state index is 0.0465. The van der Waals surface area contributed by atoms with Crippen LogP contribution in [0.4, 0.5) is 5.69 Å². The lowest BCUT2D eigenvalue weighted by Gasteiger charge is -2.30. The summed E-state index contributed by atoms with van der Waals surface area (Å²) in [7, 11) is -3.73. The molecule has 2 saturated heterocycles. The first kappa shape index (κ1) is 24.5. The number of nitrogens with zero attached hydrogens (tertiary/aromatic N) is 2. The van der Waals surface area contributed by atoms with E-state index in [1.165, 1.54) is 17.3 Å². The predicted octanol–water partition coefficient (Wildman–Crippen LogP) is 2.46. The fraction of sp³-hybridized carbons (Fsp3) is 0.435. The summed E-state index contributed by atoms with van der Waals surface area (Å²) >= 11 is 1.04. The SMILES string of the molecule is CC(=O)c1ccc(NC(=O)C2CCN(S(=O)(=O)c3cc(C(=O)N4CCOCC4)cs3)CC2)cc1. The van der Waals surface area contributed by atoms with Crippen LogP contribution in [0.3, 0.4) is 0 Å². The highest BCUT2D eigenvalue weighted by atomic mass is 32.2.